The molecule has 2 saturated heterocycles. The van der Waals surface area contributed by atoms with Crippen LogP contribution in [-0.2, 0) is 38.9 Å². The number of carbonyl (C=O) groups excluding carboxylic acids is 6. The summed E-state index contributed by atoms with van der Waals surface area (Å²) in [7, 11) is -5.01. The molecular formula is C45H54N6O11S. The van der Waals surface area contributed by atoms with E-state index in [1.807, 2.05) is 48.5 Å². The molecule has 63 heavy (non-hydrogen) atoms. The zero-order valence-electron chi connectivity index (χ0n) is 36.0. The molecule has 2 aromatic rings. The monoisotopic (exact) mass is 886 g/mol. The number of likely N-dealkylation sites (tertiary alicyclic amines) is 1. The van der Waals surface area contributed by atoms with Gasteiger partial charge in [0.25, 0.3) is 17.7 Å². The first-order valence-corrected chi connectivity index (χ1v) is 23.1. The van der Waals surface area contributed by atoms with E-state index in [1.54, 1.807) is 12.1 Å². The van der Waals surface area contributed by atoms with E-state index in [0.29, 0.717) is 34.0 Å². The van der Waals surface area contributed by atoms with Gasteiger partial charge in [0.15, 0.2) is 0 Å². The number of rotatable bonds is 18. The van der Waals surface area contributed by atoms with E-state index in [-0.39, 0.29) is 51.6 Å². The third kappa shape index (κ3) is 10.7. The van der Waals surface area contributed by atoms with E-state index in [2.05, 4.69) is 47.8 Å². The number of nitrogens with zero attached hydrogens (tertiary/aromatic N) is 4. The minimum atomic E-state index is -5.01. The molecule has 1 aliphatic carbocycles. The Hall–Kier alpha value is -6.14. The van der Waals surface area contributed by atoms with Crippen molar-refractivity contribution in [1.82, 2.24) is 25.2 Å². The summed E-state index contributed by atoms with van der Waals surface area (Å²) in [4.78, 5) is 85.8. The van der Waals surface area contributed by atoms with Crippen LogP contribution in [0.15, 0.2) is 65.1 Å². The van der Waals surface area contributed by atoms with Crippen LogP contribution in [0.4, 0.5) is 5.69 Å². The van der Waals surface area contributed by atoms with Crippen molar-refractivity contribution in [2.24, 2.45) is 0 Å². The molecule has 0 saturated carbocycles. The molecule has 0 spiro atoms. The molecule has 3 heterocycles. The molecule has 2 aromatic carbocycles. The fourth-order valence-corrected chi connectivity index (χ4v) is 8.89. The van der Waals surface area contributed by atoms with Crippen LogP contribution in [0.1, 0.15) is 83.0 Å². The van der Waals surface area contributed by atoms with Gasteiger partial charge in [0, 0.05) is 85.3 Å². The summed E-state index contributed by atoms with van der Waals surface area (Å²) in [5.74, 6) is -4.83. The molecule has 0 aromatic heterocycles. The molecule has 2 unspecified atom stereocenters. The average Bonchev–Trinajstić information content (AvgIpc) is 3.88. The number of fused-ring (bicyclic) bond motifs is 2. The molecule has 2 atom stereocenters. The number of benzene rings is 3. The molecule has 6 rings (SSSR count). The summed E-state index contributed by atoms with van der Waals surface area (Å²) in [6.45, 7) is 11.7. The van der Waals surface area contributed by atoms with Gasteiger partial charge in [-0.1, -0.05) is 18.2 Å². The Kier molecular flexibility index (Phi) is 15.0. The smallest absolute Gasteiger partial charge is 0.333 e. The molecule has 5 amide bonds. The van der Waals surface area contributed by atoms with Crippen molar-refractivity contribution in [1.29, 1.82) is 0 Å². The maximum absolute atomic E-state index is 14.7. The number of hydrogen-bond donors (Lipinski definition) is 2. The van der Waals surface area contributed by atoms with Crippen molar-refractivity contribution in [3.63, 3.8) is 0 Å². The van der Waals surface area contributed by atoms with E-state index < -0.39 is 63.5 Å². The minimum absolute atomic E-state index is 0.0462. The molecule has 18 heteroatoms. The highest BCUT2D eigenvalue weighted by Crippen LogP contribution is 2.42. The van der Waals surface area contributed by atoms with Crippen LogP contribution in [0.5, 0.6) is 0 Å². The third-order valence-corrected chi connectivity index (χ3v) is 12.2. The zero-order valence-corrected chi connectivity index (χ0v) is 36.8. The number of nitrogens with one attached hydrogen (secondary N) is 2. The number of imide groups is 1. The molecule has 2 fully saturated rings. The van der Waals surface area contributed by atoms with Gasteiger partial charge in [-0.3, -0.25) is 24.0 Å². The Morgan fingerprint density at radius 2 is 1.65 bits per heavy atom. The van der Waals surface area contributed by atoms with Crippen LogP contribution in [0, 0.1) is 0 Å². The fourth-order valence-electron chi connectivity index (χ4n) is 8.24. The maximum atomic E-state index is 14.7. The standard InChI is InChI=1S/C45H54N6O11S/c1-5-48(6-2)29-18-20-33-37(26-29)61-38-27-30(49(7-3)8-4)19-21-34(38)42(33)31-14-9-10-15-32(31)45(57)50-25-13-16-36(50)44(56)47-35(28-63(58,59)60)43(55)46-24-12-11-17-41(54)62-51-39(52)22-23-40(51)53/h9-10,14-15,18-21,26-27,35-36H,5-8,11-13,16-17,22-25,28H2,1-4H3,(H2-,46,47,55,56,58,59,60). The van der Waals surface area contributed by atoms with Crippen LogP contribution in [0.25, 0.3) is 33.4 Å². The number of hydroxylamine groups is 2. The average molecular weight is 887 g/mol. The number of anilines is 1. The second-order valence-corrected chi connectivity index (χ2v) is 16.9. The van der Waals surface area contributed by atoms with Crippen molar-refractivity contribution in [3.8, 4) is 22.5 Å². The molecule has 17 nitrogen and oxygen atoms in total. The summed E-state index contributed by atoms with van der Waals surface area (Å²) in [5, 5.41) is 7.11. The Labute approximate surface area is 366 Å². The van der Waals surface area contributed by atoms with Gasteiger partial charge in [0.2, 0.25) is 17.2 Å². The van der Waals surface area contributed by atoms with Gasteiger partial charge in [-0.2, -0.15) is 0 Å². The lowest BCUT2D eigenvalue weighted by atomic mass is 9.90. The van der Waals surface area contributed by atoms with Gasteiger partial charge in [-0.25, -0.2) is 17.8 Å². The van der Waals surface area contributed by atoms with E-state index in [1.165, 1.54) is 4.90 Å². The quantitative estimate of drug-likeness (QED) is 0.0483. The minimum Gasteiger partial charge on any atom is -0.748 e. The van der Waals surface area contributed by atoms with Crippen molar-refractivity contribution in [2.45, 2.75) is 84.7 Å². The van der Waals surface area contributed by atoms with Crippen LogP contribution in [0.2, 0.25) is 0 Å². The first-order valence-electron chi connectivity index (χ1n) is 21.5. The Morgan fingerprint density at radius 1 is 0.937 bits per heavy atom. The highest BCUT2D eigenvalue weighted by Gasteiger charge is 2.38. The van der Waals surface area contributed by atoms with Crippen molar-refractivity contribution < 1.29 is 51.0 Å². The van der Waals surface area contributed by atoms with Gasteiger partial charge in [-0.15, -0.1) is 5.06 Å². The molecule has 4 aliphatic rings. The highest BCUT2D eigenvalue weighted by atomic mass is 32.2. The van der Waals surface area contributed by atoms with E-state index in [9.17, 15) is 41.7 Å². The molecule has 3 aliphatic heterocycles. The van der Waals surface area contributed by atoms with Crippen molar-refractivity contribution in [3.05, 3.63) is 71.6 Å². The van der Waals surface area contributed by atoms with E-state index in [4.69, 9.17) is 9.25 Å². The first kappa shape index (κ1) is 46.4. The second kappa shape index (κ2) is 20.4. The maximum Gasteiger partial charge on any atom is 0.333 e. The predicted molar refractivity (Wildman–Crippen MR) is 233 cm³/mol. The van der Waals surface area contributed by atoms with Crippen LogP contribution in [0.3, 0.4) is 0 Å². The van der Waals surface area contributed by atoms with Crippen molar-refractivity contribution >= 4 is 62.3 Å². The fraction of sp³-hybridized carbons (Fsp3) is 0.444. The summed E-state index contributed by atoms with van der Waals surface area (Å²) in [6, 6.07) is 16.4. The normalized spacial score (nSPS) is 15.8. The first-order chi connectivity index (χ1) is 30.2. The van der Waals surface area contributed by atoms with Crippen molar-refractivity contribution in [2.75, 3.05) is 49.9 Å². The van der Waals surface area contributed by atoms with Gasteiger partial charge < -0.3 is 34.2 Å². The number of hydrogen-bond acceptors (Lipinski definition) is 12. The number of amides is 5. The van der Waals surface area contributed by atoms with Crippen LogP contribution < -0.4 is 25.5 Å². The molecular weight excluding hydrogens is 833 g/mol. The molecule has 0 radical (unpaired) electrons. The van der Waals surface area contributed by atoms with Gasteiger partial charge in [0.1, 0.15) is 36.5 Å². The summed E-state index contributed by atoms with van der Waals surface area (Å²) >= 11 is 0. The summed E-state index contributed by atoms with van der Waals surface area (Å²) in [6.07, 6.45) is 0.768. The molecule has 0 bridgehead atoms. The Bertz CT molecular complexity index is 2530. The largest absolute Gasteiger partial charge is 0.748 e. The topological polar surface area (TPSA) is 219 Å². The molecule has 2 N–H and O–H groups in total. The zero-order chi connectivity index (χ0) is 45.4. The van der Waals surface area contributed by atoms with Gasteiger partial charge in [-0.05, 0) is 83.2 Å². The van der Waals surface area contributed by atoms with Gasteiger partial charge >= 0.3 is 5.97 Å². The number of carbonyl (C=O) groups is 6. The lowest BCUT2D eigenvalue weighted by Crippen LogP contribution is -2.55. The number of unbranched alkanes of at least 4 members (excludes halogenated alkanes) is 1. The Balaban J connectivity index is 1.23. The van der Waals surface area contributed by atoms with Crippen LogP contribution >= 0.6 is 0 Å². The lowest BCUT2D eigenvalue weighted by Gasteiger charge is -2.28. The Morgan fingerprint density at radius 3 is 2.33 bits per heavy atom. The summed E-state index contributed by atoms with van der Waals surface area (Å²) < 4.78 is 44.6. The SMILES string of the molecule is CCN(CC)c1ccc2c(-c3ccccc3C(=O)N3CCCC3C(=O)NC(CS(=O)(=O)[O-])C(=O)NCCCCC(=O)ON3C(=O)CCC3=O)c3ccc(=[N+](CC)CC)cc-3oc2c1. The molecule has 336 valence electrons. The summed E-state index contributed by atoms with van der Waals surface area (Å²) in [5.41, 5.74) is 4.12. The third-order valence-electron chi connectivity index (χ3n) is 11.5. The van der Waals surface area contributed by atoms with Crippen LogP contribution in [-0.4, -0.2) is 116 Å². The predicted octanol–water partition coefficient (Wildman–Crippen LogP) is 3.39. The lowest BCUT2D eigenvalue weighted by molar-refractivity contribution is -0.197. The van der Waals surface area contributed by atoms with E-state index >= 15 is 0 Å². The second-order valence-electron chi connectivity index (χ2n) is 15.5. The van der Waals surface area contributed by atoms with E-state index in [0.717, 1.165) is 53.7 Å². The highest BCUT2D eigenvalue weighted by molar-refractivity contribution is 7.85. The van der Waals surface area contributed by atoms with Gasteiger partial charge in [0.05, 0.1) is 21.9 Å².